The van der Waals surface area contributed by atoms with Gasteiger partial charge >= 0.3 is 0 Å². The average molecular weight is 630 g/mol. The first-order valence-electron chi connectivity index (χ1n) is 16.4. The molecule has 0 unspecified atom stereocenters. The lowest BCUT2D eigenvalue weighted by atomic mass is 9.90. The van der Waals surface area contributed by atoms with E-state index in [0.717, 1.165) is 11.4 Å². The van der Waals surface area contributed by atoms with Crippen LogP contribution >= 0.6 is 11.3 Å². The van der Waals surface area contributed by atoms with Gasteiger partial charge in [-0.3, -0.25) is 0 Å². The summed E-state index contributed by atoms with van der Waals surface area (Å²) in [6, 6.07) is 68.1. The Hall–Kier alpha value is -5.96. The Balaban J connectivity index is 1.31. The lowest BCUT2D eigenvalue weighted by molar-refractivity contribution is 1.30. The number of thiophene rings is 1. The molecule has 1 heterocycles. The fourth-order valence-electron chi connectivity index (χ4n) is 7.07. The van der Waals surface area contributed by atoms with E-state index in [2.05, 4.69) is 193 Å². The molecule has 0 atom stereocenters. The minimum Gasteiger partial charge on any atom is -0.308 e. The van der Waals surface area contributed by atoms with Gasteiger partial charge in [-0.2, -0.15) is 0 Å². The van der Waals surface area contributed by atoms with Crippen molar-refractivity contribution in [3.8, 4) is 33.4 Å². The molecule has 0 amide bonds. The molecule has 0 radical (unpaired) electrons. The first-order chi connectivity index (χ1) is 23.8. The van der Waals surface area contributed by atoms with E-state index in [0.29, 0.717) is 0 Å². The molecule has 0 saturated heterocycles. The van der Waals surface area contributed by atoms with E-state index in [9.17, 15) is 0 Å². The number of fused-ring (bicyclic) bond motifs is 4. The second-order valence-electron chi connectivity index (χ2n) is 12.1. The zero-order valence-corrected chi connectivity index (χ0v) is 27.1. The Morgan fingerprint density at radius 1 is 0.354 bits per heavy atom. The van der Waals surface area contributed by atoms with Crippen molar-refractivity contribution >= 4 is 59.3 Å². The van der Waals surface area contributed by atoms with Crippen LogP contribution < -0.4 is 4.90 Å². The van der Waals surface area contributed by atoms with E-state index < -0.39 is 0 Å². The Kier molecular flexibility index (Phi) is 7.07. The van der Waals surface area contributed by atoms with Gasteiger partial charge in [0.15, 0.2) is 0 Å². The topological polar surface area (TPSA) is 3.24 Å². The summed E-state index contributed by atoms with van der Waals surface area (Å²) in [5, 5.41) is 5.08. The van der Waals surface area contributed by atoms with Crippen molar-refractivity contribution in [2.45, 2.75) is 0 Å². The monoisotopic (exact) mass is 629 g/mol. The highest BCUT2D eigenvalue weighted by atomic mass is 32.1. The predicted molar refractivity (Wildman–Crippen MR) is 208 cm³/mol. The third kappa shape index (κ3) is 4.86. The molecule has 0 fully saturated rings. The van der Waals surface area contributed by atoms with Gasteiger partial charge in [0.25, 0.3) is 0 Å². The smallest absolute Gasteiger partial charge is 0.0640 e. The van der Waals surface area contributed by atoms with Crippen molar-refractivity contribution in [3.63, 3.8) is 0 Å². The lowest BCUT2D eigenvalue weighted by Crippen LogP contribution is -2.11. The molecule has 0 spiro atoms. The van der Waals surface area contributed by atoms with Crippen molar-refractivity contribution < 1.29 is 0 Å². The van der Waals surface area contributed by atoms with Gasteiger partial charge in [0, 0.05) is 26.7 Å². The summed E-state index contributed by atoms with van der Waals surface area (Å²) in [7, 11) is 0. The van der Waals surface area contributed by atoms with Crippen LogP contribution in [0.2, 0.25) is 0 Å². The highest BCUT2D eigenvalue weighted by molar-refractivity contribution is 7.26. The van der Waals surface area contributed by atoms with Crippen molar-refractivity contribution in [3.05, 3.63) is 188 Å². The quantitative estimate of drug-likeness (QED) is 0.177. The van der Waals surface area contributed by atoms with Crippen molar-refractivity contribution in [1.82, 2.24) is 0 Å². The SMILES string of the molecule is c1ccc(-c2ccc(N(c3ccccc3-c3cccc4cccc(-c5ccccc5)c34)c3cccc4c3sc3ccccc34)cc2)cc1. The fourth-order valence-corrected chi connectivity index (χ4v) is 8.28. The molecule has 9 aromatic rings. The number of nitrogens with zero attached hydrogens (tertiary/aromatic N) is 1. The minimum absolute atomic E-state index is 1.12. The van der Waals surface area contributed by atoms with Crippen molar-refractivity contribution in [2.24, 2.45) is 0 Å². The number of rotatable bonds is 6. The molecular formula is C46H31NS. The molecular weight excluding hydrogens is 599 g/mol. The average Bonchev–Trinajstić information content (AvgIpc) is 3.55. The van der Waals surface area contributed by atoms with Crippen LogP contribution in [-0.2, 0) is 0 Å². The summed E-state index contributed by atoms with van der Waals surface area (Å²) in [6.45, 7) is 0. The molecule has 0 aliphatic carbocycles. The predicted octanol–water partition coefficient (Wildman–Crippen LogP) is 13.7. The number of benzene rings is 8. The van der Waals surface area contributed by atoms with E-state index in [1.165, 1.54) is 70.0 Å². The van der Waals surface area contributed by atoms with Crippen molar-refractivity contribution in [2.75, 3.05) is 4.90 Å². The number of hydrogen-bond acceptors (Lipinski definition) is 2. The van der Waals surface area contributed by atoms with Gasteiger partial charge in [-0.05, 0) is 68.9 Å². The Morgan fingerprint density at radius 3 is 1.71 bits per heavy atom. The molecule has 0 saturated carbocycles. The normalized spacial score (nSPS) is 11.3. The van der Waals surface area contributed by atoms with Crippen molar-refractivity contribution in [1.29, 1.82) is 0 Å². The van der Waals surface area contributed by atoms with Crippen LogP contribution in [0.15, 0.2) is 188 Å². The second kappa shape index (κ2) is 12.0. The van der Waals surface area contributed by atoms with Crippen LogP contribution in [-0.4, -0.2) is 0 Å². The highest BCUT2D eigenvalue weighted by Gasteiger charge is 2.22. The lowest BCUT2D eigenvalue weighted by Gasteiger charge is -2.29. The molecule has 9 rings (SSSR count). The summed E-state index contributed by atoms with van der Waals surface area (Å²) in [5.74, 6) is 0. The van der Waals surface area contributed by atoms with E-state index in [4.69, 9.17) is 0 Å². The first kappa shape index (κ1) is 28.3. The van der Waals surface area contributed by atoms with Crippen LogP contribution in [0.4, 0.5) is 17.1 Å². The number of para-hydroxylation sites is 1. The Morgan fingerprint density at radius 2 is 0.917 bits per heavy atom. The summed E-state index contributed by atoms with van der Waals surface area (Å²) >= 11 is 1.87. The van der Waals surface area contributed by atoms with Crippen LogP contribution in [0, 0.1) is 0 Å². The number of anilines is 3. The highest BCUT2D eigenvalue weighted by Crippen LogP contribution is 2.48. The summed E-state index contributed by atoms with van der Waals surface area (Å²) < 4.78 is 2.58. The van der Waals surface area contributed by atoms with Gasteiger partial charge in [0.2, 0.25) is 0 Å². The van der Waals surface area contributed by atoms with Gasteiger partial charge in [0.05, 0.1) is 16.1 Å². The van der Waals surface area contributed by atoms with Crippen LogP contribution in [0.5, 0.6) is 0 Å². The molecule has 2 heteroatoms. The third-order valence-electron chi connectivity index (χ3n) is 9.28. The zero-order chi connectivity index (χ0) is 31.9. The summed E-state index contributed by atoms with van der Waals surface area (Å²) in [5.41, 5.74) is 10.7. The maximum atomic E-state index is 2.46. The Labute approximate surface area is 284 Å². The maximum absolute atomic E-state index is 2.46. The van der Waals surface area contributed by atoms with E-state index in [1.54, 1.807) is 0 Å². The second-order valence-corrected chi connectivity index (χ2v) is 13.1. The van der Waals surface area contributed by atoms with Gasteiger partial charge in [-0.15, -0.1) is 11.3 Å². The third-order valence-corrected chi connectivity index (χ3v) is 10.5. The molecule has 48 heavy (non-hydrogen) atoms. The zero-order valence-electron chi connectivity index (χ0n) is 26.3. The van der Waals surface area contributed by atoms with Crippen LogP contribution in [0.25, 0.3) is 64.3 Å². The van der Waals surface area contributed by atoms with Gasteiger partial charge < -0.3 is 4.90 Å². The van der Waals surface area contributed by atoms with E-state index in [-0.39, 0.29) is 0 Å². The first-order valence-corrected chi connectivity index (χ1v) is 17.2. The molecule has 0 aliphatic rings. The minimum atomic E-state index is 1.12. The van der Waals surface area contributed by atoms with E-state index in [1.807, 2.05) is 11.3 Å². The molecule has 0 bridgehead atoms. The number of hydrogen-bond donors (Lipinski definition) is 0. The van der Waals surface area contributed by atoms with Gasteiger partial charge in [-0.1, -0.05) is 158 Å². The van der Waals surface area contributed by atoms with Gasteiger partial charge in [0.1, 0.15) is 0 Å². The molecule has 1 aromatic heterocycles. The van der Waals surface area contributed by atoms with Gasteiger partial charge in [-0.25, -0.2) is 0 Å². The summed E-state index contributed by atoms with van der Waals surface area (Å²) in [6.07, 6.45) is 0. The largest absolute Gasteiger partial charge is 0.308 e. The molecule has 8 aromatic carbocycles. The standard InChI is InChI=1S/C46H31NS/c1-3-14-32(15-4-1)33-28-30-36(31-29-33)47(43-26-13-24-41-39-21-8-10-27-44(39)48-46(41)43)42-25-9-7-20-38(42)40-23-12-19-35-18-11-22-37(45(35)40)34-16-5-2-6-17-34/h1-31H. The Bertz CT molecular complexity index is 2540. The molecule has 1 nitrogen and oxygen atoms in total. The van der Waals surface area contributed by atoms with Crippen LogP contribution in [0.1, 0.15) is 0 Å². The fraction of sp³-hybridized carbons (Fsp3) is 0. The maximum Gasteiger partial charge on any atom is 0.0640 e. The molecule has 0 aliphatic heterocycles. The van der Waals surface area contributed by atoms with Crippen LogP contribution in [0.3, 0.4) is 0 Å². The molecule has 0 N–H and O–H groups in total. The summed E-state index contributed by atoms with van der Waals surface area (Å²) in [4.78, 5) is 2.46. The molecule has 226 valence electrons. The van der Waals surface area contributed by atoms with E-state index >= 15 is 0 Å².